The van der Waals surface area contributed by atoms with Crippen molar-refractivity contribution in [2.24, 2.45) is 0 Å². The largest absolute Gasteiger partial charge is 0.462 e. The van der Waals surface area contributed by atoms with Crippen molar-refractivity contribution in [2.75, 3.05) is 18.5 Å². The third kappa shape index (κ3) is 3.74. The smallest absolute Gasteiger partial charge is 0.341 e. The Morgan fingerprint density at radius 3 is 2.95 bits per heavy atom. The SMILES string of the molecule is CCOC(=O)c1cnc(NCCc2nccs2)nc1C. The lowest BCUT2D eigenvalue weighted by molar-refractivity contribution is 0.0524. The van der Waals surface area contributed by atoms with Crippen LogP contribution in [0.4, 0.5) is 5.95 Å². The molecule has 0 fully saturated rings. The second-order valence-electron chi connectivity index (χ2n) is 4.02. The molecule has 0 amide bonds. The molecule has 106 valence electrons. The molecule has 0 aliphatic rings. The van der Waals surface area contributed by atoms with Gasteiger partial charge in [0.2, 0.25) is 5.95 Å². The number of esters is 1. The fourth-order valence-corrected chi connectivity index (χ4v) is 2.24. The summed E-state index contributed by atoms with van der Waals surface area (Å²) < 4.78 is 4.93. The molecule has 0 unspecified atom stereocenters. The standard InChI is InChI=1S/C13H16N4O2S/c1-3-19-12(18)10-8-16-13(17-9(10)2)15-5-4-11-14-6-7-20-11/h6-8H,3-5H2,1-2H3,(H,15,16,17). The van der Waals surface area contributed by atoms with Crippen LogP contribution in [0.3, 0.4) is 0 Å². The van der Waals surface area contributed by atoms with Crippen LogP contribution < -0.4 is 5.32 Å². The average molecular weight is 292 g/mol. The summed E-state index contributed by atoms with van der Waals surface area (Å²) in [6, 6.07) is 0. The monoisotopic (exact) mass is 292 g/mol. The predicted molar refractivity (Wildman–Crippen MR) is 77.0 cm³/mol. The van der Waals surface area contributed by atoms with Crippen LogP contribution in [0.25, 0.3) is 0 Å². The molecular formula is C13H16N4O2S. The second-order valence-corrected chi connectivity index (χ2v) is 4.99. The van der Waals surface area contributed by atoms with Crippen LogP contribution in [0.1, 0.15) is 28.0 Å². The lowest BCUT2D eigenvalue weighted by atomic mass is 10.2. The lowest BCUT2D eigenvalue weighted by Gasteiger charge is -2.07. The van der Waals surface area contributed by atoms with Crippen LogP contribution >= 0.6 is 11.3 Å². The highest BCUT2D eigenvalue weighted by atomic mass is 32.1. The van der Waals surface area contributed by atoms with Crippen molar-refractivity contribution in [3.63, 3.8) is 0 Å². The van der Waals surface area contributed by atoms with Crippen molar-refractivity contribution in [3.05, 3.63) is 34.0 Å². The summed E-state index contributed by atoms with van der Waals surface area (Å²) in [5.74, 6) is 0.117. The van der Waals surface area contributed by atoms with E-state index in [-0.39, 0.29) is 5.97 Å². The summed E-state index contributed by atoms with van der Waals surface area (Å²) >= 11 is 1.62. The highest BCUT2D eigenvalue weighted by Gasteiger charge is 2.12. The molecule has 2 aromatic heterocycles. The molecule has 20 heavy (non-hydrogen) atoms. The van der Waals surface area contributed by atoms with E-state index >= 15 is 0 Å². The Hall–Kier alpha value is -2.02. The number of nitrogens with one attached hydrogen (secondary N) is 1. The number of nitrogens with zero attached hydrogens (tertiary/aromatic N) is 3. The number of rotatable bonds is 6. The van der Waals surface area contributed by atoms with Crippen molar-refractivity contribution in [1.29, 1.82) is 0 Å². The molecule has 0 saturated carbocycles. The van der Waals surface area contributed by atoms with Gasteiger partial charge in [0, 0.05) is 30.7 Å². The number of hydrogen-bond donors (Lipinski definition) is 1. The molecule has 0 bridgehead atoms. The van der Waals surface area contributed by atoms with Gasteiger partial charge in [-0.3, -0.25) is 0 Å². The van der Waals surface area contributed by atoms with Gasteiger partial charge in [-0.1, -0.05) is 0 Å². The van der Waals surface area contributed by atoms with Crippen LogP contribution in [0.5, 0.6) is 0 Å². The van der Waals surface area contributed by atoms with E-state index < -0.39 is 0 Å². The first-order chi connectivity index (χ1) is 9.70. The Bertz CT molecular complexity index is 572. The maximum absolute atomic E-state index is 11.6. The minimum atomic E-state index is -0.390. The Labute approximate surface area is 121 Å². The molecular weight excluding hydrogens is 276 g/mol. The van der Waals surface area contributed by atoms with Gasteiger partial charge in [-0.05, 0) is 13.8 Å². The van der Waals surface area contributed by atoms with Gasteiger partial charge >= 0.3 is 5.97 Å². The van der Waals surface area contributed by atoms with E-state index in [1.165, 1.54) is 6.20 Å². The highest BCUT2D eigenvalue weighted by Crippen LogP contribution is 2.09. The number of hydrogen-bond acceptors (Lipinski definition) is 7. The Balaban J connectivity index is 1.93. The molecule has 0 spiro atoms. The van der Waals surface area contributed by atoms with E-state index in [0.717, 1.165) is 11.4 Å². The Kier molecular flexibility index (Phi) is 5.00. The van der Waals surface area contributed by atoms with Crippen molar-refractivity contribution >= 4 is 23.3 Å². The first-order valence-corrected chi connectivity index (χ1v) is 7.21. The topological polar surface area (TPSA) is 77.0 Å². The van der Waals surface area contributed by atoms with Crippen LogP contribution in [0.2, 0.25) is 0 Å². The molecule has 0 aliphatic heterocycles. The predicted octanol–water partition coefficient (Wildman–Crippen LogP) is 2.07. The number of thiazole rings is 1. The normalized spacial score (nSPS) is 10.3. The van der Waals surface area contributed by atoms with Gasteiger partial charge in [0.05, 0.1) is 22.9 Å². The first-order valence-electron chi connectivity index (χ1n) is 6.33. The average Bonchev–Trinajstić information content (AvgIpc) is 2.92. The third-order valence-corrected chi connectivity index (χ3v) is 3.42. The zero-order valence-electron chi connectivity index (χ0n) is 11.4. The van der Waals surface area contributed by atoms with Crippen LogP contribution in [0.15, 0.2) is 17.8 Å². The van der Waals surface area contributed by atoms with Crippen molar-refractivity contribution in [1.82, 2.24) is 15.0 Å². The number of carbonyl (C=O) groups excluding carboxylic acids is 1. The Morgan fingerprint density at radius 2 is 2.30 bits per heavy atom. The molecule has 1 N–H and O–H groups in total. The van der Waals surface area contributed by atoms with Crippen molar-refractivity contribution in [3.8, 4) is 0 Å². The molecule has 2 heterocycles. The van der Waals surface area contributed by atoms with E-state index in [1.807, 2.05) is 5.38 Å². The molecule has 0 aliphatic carbocycles. The molecule has 6 nitrogen and oxygen atoms in total. The lowest BCUT2D eigenvalue weighted by Crippen LogP contribution is -2.12. The summed E-state index contributed by atoms with van der Waals surface area (Å²) in [5.41, 5.74) is 1.01. The van der Waals surface area contributed by atoms with E-state index in [0.29, 0.717) is 30.4 Å². The molecule has 0 saturated heterocycles. The summed E-state index contributed by atoms with van der Waals surface area (Å²) in [6.45, 7) is 4.57. The van der Waals surface area contributed by atoms with Crippen LogP contribution in [0, 0.1) is 6.92 Å². The van der Waals surface area contributed by atoms with Crippen LogP contribution in [-0.4, -0.2) is 34.1 Å². The maximum Gasteiger partial charge on any atom is 0.341 e. The zero-order chi connectivity index (χ0) is 14.4. The second kappa shape index (κ2) is 6.95. The number of carbonyl (C=O) groups is 1. The van der Waals surface area contributed by atoms with E-state index in [9.17, 15) is 4.79 Å². The van der Waals surface area contributed by atoms with Crippen molar-refractivity contribution < 1.29 is 9.53 Å². The zero-order valence-corrected chi connectivity index (χ0v) is 12.2. The first kappa shape index (κ1) is 14.4. The maximum atomic E-state index is 11.6. The van der Waals surface area contributed by atoms with Crippen LogP contribution in [-0.2, 0) is 11.2 Å². The number of anilines is 1. The Morgan fingerprint density at radius 1 is 1.45 bits per heavy atom. The summed E-state index contributed by atoms with van der Waals surface area (Å²) in [4.78, 5) is 24.2. The molecule has 0 aromatic carbocycles. The van der Waals surface area contributed by atoms with Gasteiger partial charge in [-0.25, -0.2) is 19.7 Å². The molecule has 0 atom stereocenters. The highest BCUT2D eigenvalue weighted by molar-refractivity contribution is 7.09. The van der Waals surface area contributed by atoms with Gasteiger partial charge in [0.15, 0.2) is 0 Å². The fourth-order valence-electron chi connectivity index (χ4n) is 1.62. The molecule has 7 heteroatoms. The molecule has 2 rings (SSSR count). The van der Waals surface area contributed by atoms with Gasteiger partial charge in [0.25, 0.3) is 0 Å². The molecule has 2 aromatic rings. The summed E-state index contributed by atoms with van der Waals surface area (Å²) in [7, 11) is 0. The third-order valence-electron chi connectivity index (χ3n) is 2.58. The van der Waals surface area contributed by atoms with Gasteiger partial charge in [-0.2, -0.15) is 0 Å². The number of ether oxygens (including phenoxy) is 1. The van der Waals surface area contributed by atoms with Gasteiger partial charge in [-0.15, -0.1) is 11.3 Å². The number of aromatic nitrogens is 3. The fraction of sp³-hybridized carbons (Fsp3) is 0.385. The minimum Gasteiger partial charge on any atom is -0.462 e. The minimum absolute atomic E-state index is 0.339. The van der Waals surface area contributed by atoms with Gasteiger partial charge < -0.3 is 10.1 Å². The summed E-state index contributed by atoms with van der Waals surface area (Å²) in [6.07, 6.45) is 4.10. The quantitative estimate of drug-likeness (QED) is 0.821. The van der Waals surface area contributed by atoms with E-state index in [2.05, 4.69) is 20.3 Å². The van der Waals surface area contributed by atoms with E-state index in [1.54, 1.807) is 31.4 Å². The van der Waals surface area contributed by atoms with Gasteiger partial charge in [0.1, 0.15) is 0 Å². The number of aryl methyl sites for hydroxylation is 1. The van der Waals surface area contributed by atoms with E-state index in [4.69, 9.17) is 4.74 Å². The summed E-state index contributed by atoms with van der Waals surface area (Å²) in [5, 5.41) is 6.13. The van der Waals surface area contributed by atoms with Crippen molar-refractivity contribution in [2.45, 2.75) is 20.3 Å². The molecule has 0 radical (unpaired) electrons.